The fourth-order valence-electron chi connectivity index (χ4n) is 1.63. The van der Waals surface area contributed by atoms with Crippen LogP contribution in [0.1, 0.15) is 5.89 Å². The van der Waals surface area contributed by atoms with Gasteiger partial charge in [0, 0.05) is 11.8 Å². The lowest BCUT2D eigenvalue weighted by atomic mass is 10.2. The minimum absolute atomic E-state index is 0.414. The zero-order chi connectivity index (χ0) is 12.4. The van der Waals surface area contributed by atoms with Gasteiger partial charge < -0.3 is 10.3 Å². The molecule has 0 atom stereocenters. The minimum atomic E-state index is 0.414. The zero-order valence-electron chi connectivity index (χ0n) is 9.52. The van der Waals surface area contributed by atoms with E-state index in [4.69, 9.17) is 10.3 Å². The van der Waals surface area contributed by atoms with Gasteiger partial charge in [-0.15, -0.1) is 0 Å². The first kappa shape index (κ1) is 10.5. The molecule has 0 radical (unpaired) electrons. The third-order valence-electron chi connectivity index (χ3n) is 2.45. The van der Waals surface area contributed by atoms with Gasteiger partial charge in [0.05, 0.1) is 11.9 Å². The highest BCUT2D eigenvalue weighted by Crippen LogP contribution is 2.15. The molecular weight excluding hydrogens is 230 g/mol. The molecule has 0 saturated heterocycles. The van der Waals surface area contributed by atoms with Crippen LogP contribution >= 0.6 is 0 Å². The van der Waals surface area contributed by atoms with Gasteiger partial charge in [-0.05, 0) is 0 Å². The van der Waals surface area contributed by atoms with Crippen LogP contribution in [0.15, 0.2) is 47.2 Å². The molecule has 0 aliphatic heterocycles. The quantitative estimate of drug-likeness (QED) is 0.752. The van der Waals surface area contributed by atoms with Crippen LogP contribution < -0.4 is 5.73 Å². The Morgan fingerprint density at radius 2 is 2.06 bits per heavy atom. The molecule has 0 unspecified atom stereocenters. The average Bonchev–Trinajstić information content (AvgIpc) is 3.01. The molecule has 0 bridgehead atoms. The van der Waals surface area contributed by atoms with E-state index in [1.807, 2.05) is 30.3 Å². The standard InChI is InChI=1S/C12H11N5O/c13-10-6-14-17(7-10)8-11-15-12(16-18-11)9-4-2-1-3-5-9/h1-7H,8,13H2. The fourth-order valence-corrected chi connectivity index (χ4v) is 1.63. The van der Waals surface area contributed by atoms with Crippen LogP contribution in [-0.2, 0) is 6.54 Å². The maximum atomic E-state index is 5.58. The predicted molar refractivity (Wildman–Crippen MR) is 65.5 cm³/mol. The molecule has 0 amide bonds. The van der Waals surface area contributed by atoms with E-state index < -0.39 is 0 Å². The summed E-state index contributed by atoms with van der Waals surface area (Å²) in [5.74, 6) is 1.07. The van der Waals surface area contributed by atoms with Crippen LogP contribution in [0.3, 0.4) is 0 Å². The van der Waals surface area contributed by atoms with Crippen molar-refractivity contribution < 1.29 is 4.52 Å². The summed E-state index contributed by atoms with van der Waals surface area (Å²) in [6.07, 6.45) is 3.29. The summed E-state index contributed by atoms with van der Waals surface area (Å²) in [5, 5.41) is 7.99. The van der Waals surface area contributed by atoms with Crippen molar-refractivity contribution in [3.63, 3.8) is 0 Å². The first-order chi connectivity index (χ1) is 8.81. The van der Waals surface area contributed by atoms with Crippen LogP contribution in [0.25, 0.3) is 11.4 Å². The van der Waals surface area contributed by atoms with Crippen LogP contribution in [0.4, 0.5) is 5.69 Å². The van der Waals surface area contributed by atoms with E-state index in [9.17, 15) is 0 Å². The van der Waals surface area contributed by atoms with E-state index in [0.717, 1.165) is 5.56 Å². The van der Waals surface area contributed by atoms with Crippen LogP contribution in [-0.4, -0.2) is 19.9 Å². The second kappa shape index (κ2) is 4.33. The monoisotopic (exact) mass is 241 g/mol. The van der Waals surface area contributed by atoms with E-state index >= 15 is 0 Å². The Kier molecular flexibility index (Phi) is 2.53. The van der Waals surface area contributed by atoms with Crippen molar-refractivity contribution in [3.05, 3.63) is 48.6 Å². The molecule has 2 heterocycles. The Morgan fingerprint density at radius 3 is 2.78 bits per heavy atom. The summed E-state index contributed by atoms with van der Waals surface area (Å²) < 4.78 is 6.82. The van der Waals surface area contributed by atoms with Crippen molar-refractivity contribution in [1.82, 2.24) is 19.9 Å². The topological polar surface area (TPSA) is 82.8 Å². The smallest absolute Gasteiger partial charge is 0.248 e. The second-order valence-corrected chi connectivity index (χ2v) is 3.85. The molecular formula is C12H11N5O. The highest BCUT2D eigenvalue weighted by Gasteiger charge is 2.08. The Balaban J connectivity index is 1.82. The van der Waals surface area contributed by atoms with Gasteiger partial charge in [-0.25, -0.2) is 0 Å². The number of hydrogen-bond acceptors (Lipinski definition) is 5. The Bertz CT molecular complexity index is 643. The van der Waals surface area contributed by atoms with E-state index in [1.54, 1.807) is 17.1 Å². The van der Waals surface area contributed by atoms with E-state index in [0.29, 0.717) is 23.9 Å². The molecule has 0 fully saturated rings. The molecule has 3 aromatic rings. The van der Waals surface area contributed by atoms with Crippen molar-refractivity contribution in [3.8, 4) is 11.4 Å². The lowest BCUT2D eigenvalue weighted by molar-refractivity contribution is 0.366. The molecule has 0 saturated carbocycles. The van der Waals surface area contributed by atoms with Crippen molar-refractivity contribution in [2.45, 2.75) is 6.54 Å². The highest BCUT2D eigenvalue weighted by molar-refractivity contribution is 5.53. The molecule has 1 aromatic carbocycles. The number of benzene rings is 1. The van der Waals surface area contributed by atoms with E-state index in [1.165, 1.54) is 0 Å². The van der Waals surface area contributed by atoms with Crippen LogP contribution in [0.2, 0.25) is 0 Å². The molecule has 6 nitrogen and oxygen atoms in total. The Morgan fingerprint density at radius 1 is 1.22 bits per heavy atom. The summed E-state index contributed by atoms with van der Waals surface area (Å²) in [6, 6.07) is 9.66. The molecule has 18 heavy (non-hydrogen) atoms. The molecule has 0 aliphatic rings. The first-order valence-electron chi connectivity index (χ1n) is 5.47. The molecule has 2 aromatic heterocycles. The third-order valence-corrected chi connectivity index (χ3v) is 2.45. The molecule has 3 rings (SSSR count). The highest BCUT2D eigenvalue weighted by atomic mass is 16.5. The number of rotatable bonds is 3. The number of nitrogen functional groups attached to an aromatic ring is 1. The van der Waals surface area contributed by atoms with E-state index in [-0.39, 0.29) is 0 Å². The van der Waals surface area contributed by atoms with Crippen LogP contribution in [0, 0.1) is 0 Å². The SMILES string of the molecule is Nc1cnn(Cc2nc(-c3ccccc3)no2)c1. The number of nitrogens with two attached hydrogens (primary N) is 1. The van der Waals surface area contributed by atoms with Gasteiger partial charge >= 0.3 is 0 Å². The van der Waals surface area contributed by atoms with Gasteiger partial charge in [0.2, 0.25) is 11.7 Å². The third kappa shape index (κ3) is 2.08. The van der Waals surface area contributed by atoms with Crippen molar-refractivity contribution in [2.24, 2.45) is 0 Å². The predicted octanol–water partition coefficient (Wildman–Crippen LogP) is 1.56. The van der Waals surface area contributed by atoms with Gasteiger partial charge in [-0.1, -0.05) is 35.5 Å². The fraction of sp³-hybridized carbons (Fsp3) is 0.0833. The molecule has 2 N–H and O–H groups in total. The Labute approximate surface area is 103 Å². The minimum Gasteiger partial charge on any atom is -0.396 e. The number of hydrogen-bond donors (Lipinski definition) is 1. The van der Waals surface area contributed by atoms with Crippen LogP contribution in [0.5, 0.6) is 0 Å². The Hall–Kier alpha value is -2.63. The summed E-state index contributed by atoms with van der Waals surface area (Å²) in [7, 11) is 0. The first-order valence-corrected chi connectivity index (χ1v) is 5.47. The average molecular weight is 241 g/mol. The zero-order valence-corrected chi connectivity index (χ0v) is 9.52. The molecule has 0 spiro atoms. The van der Waals surface area contributed by atoms with Crippen molar-refractivity contribution >= 4 is 5.69 Å². The van der Waals surface area contributed by atoms with Crippen molar-refractivity contribution in [1.29, 1.82) is 0 Å². The number of aromatic nitrogens is 4. The van der Waals surface area contributed by atoms with E-state index in [2.05, 4.69) is 15.2 Å². The number of nitrogens with zero attached hydrogens (tertiary/aromatic N) is 4. The normalized spacial score (nSPS) is 10.7. The second-order valence-electron chi connectivity index (χ2n) is 3.85. The summed E-state index contributed by atoms with van der Waals surface area (Å²) in [4.78, 5) is 4.31. The lowest BCUT2D eigenvalue weighted by Crippen LogP contribution is -2.00. The number of anilines is 1. The van der Waals surface area contributed by atoms with Gasteiger partial charge in [0.1, 0.15) is 6.54 Å². The lowest BCUT2D eigenvalue weighted by Gasteiger charge is -1.93. The molecule has 90 valence electrons. The molecule has 0 aliphatic carbocycles. The summed E-state index contributed by atoms with van der Waals surface area (Å²) >= 11 is 0. The maximum absolute atomic E-state index is 5.58. The van der Waals surface area contributed by atoms with Gasteiger partial charge in [-0.3, -0.25) is 4.68 Å². The van der Waals surface area contributed by atoms with Gasteiger partial charge in [0.25, 0.3) is 0 Å². The molecule has 6 heteroatoms. The summed E-state index contributed by atoms with van der Waals surface area (Å²) in [5.41, 5.74) is 7.11. The van der Waals surface area contributed by atoms with Gasteiger partial charge in [-0.2, -0.15) is 10.1 Å². The largest absolute Gasteiger partial charge is 0.396 e. The van der Waals surface area contributed by atoms with Crippen molar-refractivity contribution in [2.75, 3.05) is 5.73 Å². The summed E-state index contributed by atoms with van der Waals surface area (Å²) in [6.45, 7) is 0.414. The maximum Gasteiger partial charge on any atom is 0.248 e. The van der Waals surface area contributed by atoms with Gasteiger partial charge in [0.15, 0.2) is 0 Å².